The third-order valence-electron chi connectivity index (χ3n) is 4.26. The summed E-state index contributed by atoms with van der Waals surface area (Å²) >= 11 is 0. The normalized spacial score (nSPS) is 12.8. The average Bonchev–Trinajstić information content (AvgIpc) is 2.89. The Morgan fingerprint density at radius 2 is 1.93 bits per heavy atom. The van der Waals surface area contributed by atoms with E-state index in [4.69, 9.17) is 9.84 Å². The van der Waals surface area contributed by atoms with Gasteiger partial charge < -0.3 is 19.6 Å². The number of nitrogens with one attached hydrogen (secondary N) is 1. The summed E-state index contributed by atoms with van der Waals surface area (Å²) in [6.07, 6.45) is -5.32. The number of H-pyrrole nitrogens is 1. The molecular formula is C20H18F3NO4. The van der Waals surface area contributed by atoms with Gasteiger partial charge in [-0.3, -0.25) is 0 Å². The van der Waals surface area contributed by atoms with Crippen LogP contribution in [-0.2, 0) is 11.2 Å². The van der Waals surface area contributed by atoms with E-state index >= 15 is 0 Å². The molecule has 148 valence electrons. The first-order valence-electron chi connectivity index (χ1n) is 8.48. The molecular weight excluding hydrogens is 375 g/mol. The first-order valence-corrected chi connectivity index (χ1v) is 8.48. The molecule has 0 aliphatic rings. The van der Waals surface area contributed by atoms with Gasteiger partial charge in [-0.2, -0.15) is 0 Å². The van der Waals surface area contributed by atoms with Crippen molar-refractivity contribution >= 4 is 16.9 Å². The standard InChI is InChI=1S/C20H18F3NO4/c1-11-16(9-13-4-3-5-14(8-13)27-12(2)19(25)26)17-10-15(28-20(21,22)23)6-7-18(17)24-11/h3-8,10,12,24H,9H2,1-2H3,(H,25,26)/t12-/m1/s1. The van der Waals surface area contributed by atoms with Crippen LogP contribution in [0, 0.1) is 6.92 Å². The highest BCUT2D eigenvalue weighted by molar-refractivity contribution is 5.86. The molecule has 8 heteroatoms. The number of aliphatic carboxylic acids is 1. The summed E-state index contributed by atoms with van der Waals surface area (Å²) in [6.45, 7) is 3.27. The lowest BCUT2D eigenvalue weighted by Gasteiger charge is -2.12. The largest absolute Gasteiger partial charge is 0.573 e. The van der Waals surface area contributed by atoms with Gasteiger partial charge in [-0.1, -0.05) is 12.1 Å². The zero-order chi connectivity index (χ0) is 20.5. The van der Waals surface area contributed by atoms with E-state index in [0.29, 0.717) is 23.1 Å². The fraction of sp³-hybridized carbons (Fsp3) is 0.250. The highest BCUT2D eigenvalue weighted by atomic mass is 19.4. The van der Waals surface area contributed by atoms with Gasteiger partial charge in [0.25, 0.3) is 0 Å². The Labute approximate surface area is 158 Å². The second kappa shape index (κ2) is 7.46. The number of halogens is 3. The van der Waals surface area contributed by atoms with Crippen molar-refractivity contribution in [1.82, 2.24) is 4.98 Å². The molecule has 0 amide bonds. The van der Waals surface area contributed by atoms with Gasteiger partial charge in [-0.05, 0) is 61.7 Å². The number of ether oxygens (including phenoxy) is 2. The summed E-state index contributed by atoms with van der Waals surface area (Å²) in [5.41, 5.74) is 3.19. The van der Waals surface area contributed by atoms with E-state index in [2.05, 4.69) is 9.72 Å². The zero-order valence-corrected chi connectivity index (χ0v) is 15.1. The Morgan fingerprint density at radius 1 is 1.18 bits per heavy atom. The fourth-order valence-corrected chi connectivity index (χ4v) is 2.97. The van der Waals surface area contributed by atoms with E-state index in [0.717, 1.165) is 16.8 Å². The van der Waals surface area contributed by atoms with Crippen molar-refractivity contribution in [3.8, 4) is 11.5 Å². The Bertz CT molecular complexity index is 1010. The molecule has 0 radical (unpaired) electrons. The van der Waals surface area contributed by atoms with E-state index in [9.17, 15) is 18.0 Å². The molecule has 1 atom stereocenters. The second-order valence-corrected chi connectivity index (χ2v) is 6.41. The minimum absolute atomic E-state index is 0.285. The van der Waals surface area contributed by atoms with Gasteiger partial charge in [0.2, 0.25) is 0 Å². The number of carboxylic acid groups (broad SMARTS) is 1. The molecule has 0 bridgehead atoms. The van der Waals surface area contributed by atoms with Crippen LogP contribution in [0.15, 0.2) is 42.5 Å². The maximum atomic E-state index is 12.5. The van der Waals surface area contributed by atoms with Crippen molar-refractivity contribution in [2.75, 3.05) is 0 Å². The second-order valence-electron chi connectivity index (χ2n) is 6.41. The summed E-state index contributed by atoms with van der Waals surface area (Å²) in [5.74, 6) is -0.950. The Morgan fingerprint density at radius 3 is 2.61 bits per heavy atom. The molecule has 2 N–H and O–H groups in total. The lowest BCUT2D eigenvalue weighted by Crippen LogP contribution is -2.22. The van der Waals surface area contributed by atoms with Crippen LogP contribution in [-0.4, -0.2) is 28.5 Å². The van der Waals surface area contributed by atoms with Crippen molar-refractivity contribution in [2.45, 2.75) is 32.7 Å². The third-order valence-corrected chi connectivity index (χ3v) is 4.26. The number of aryl methyl sites for hydroxylation is 1. The number of hydrogen-bond donors (Lipinski definition) is 2. The highest BCUT2D eigenvalue weighted by Gasteiger charge is 2.31. The van der Waals surface area contributed by atoms with Crippen LogP contribution >= 0.6 is 0 Å². The van der Waals surface area contributed by atoms with Crippen molar-refractivity contribution in [2.24, 2.45) is 0 Å². The molecule has 3 aromatic rings. The molecule has 1 aromatic heterocycles. The van der Waals surface area contributed by atoms with Gasteiger partial charge in [-0.15, -0.1) is 13.2 Å². The predicted octanol–water partition coefficient (Wildman–Crippen LogP) is 4.82. The van der Waals surface area contributed by atoms with Crippen LogP contribution in [0.1, 0.15) is 23.7 Å². The highest BCUT2D eigenvalue weighted by Crippen LogP contribution is 2.31. The fourth-order valence-electron chi connectivity index (χ4n) is 2.97. The SMILES string of the molecule is Cc1[nH]c2ccc(OC(F)(F)F)cc2c1Cc1cccc(O[C@H](C)C(=O)O)c1. The third kappa shape index (κ3) is 4.57. The number of carboxylic acids is 1. The molecule has 5 nitrogen and oxygen atoms in total. The van der Waals surface area contributed by atoms with Gasteiger partial charge in [0, 0.05) is 16.6 Å². The monoisotopic (exact) mass is 393 g/mol. The van der Waals surface area contributed by atoms with E-state index in [-0.39, 0.29) is 5.75 Å². The van der Waals surface area contributed by atoms with Crippen molar-refractivity contribution in [3.63, 3.8) is 0 Å². The molecule has 0 aliphatic carbocycles. The topological polar surface area (TPSA) is 71.5 Å². The first kappa shape index (κ1) is 19.6. The maximum Gasteiger partial charge on any atom is 0.573 e. The lowest BCUT2D eigenvalue weighted by atomic mass is 10.0. The summed E-state index contributed by atoms with van der Waals surface area (Å²) in [4.78, 5) is 14.1. The minimum atomic E-state index is -4.76. The number of rotatable bonds is 6. The van der Waals surface area contributed by atoms with Crippen LogP contribution in [0.5, 0.6) is 11.5 Å². The molecule has 3 rings (SSSR count). The molecule has 0 unspecified atom stereocenters. The molecule has 0 spiro atoms. The van der Waals surface area contributed by atoms with Crippen LogP contribution in [0.3, 0.4) is 0 Å². The Hall–Kier alpha value is -3.16. The van der Waals surface area contributed by atoms with E-state index < -0.39 is 18.4 Å². The molecule has 0 saturated carbocycles. The van der Waals surface area contributed by atoms with Crippen molar-refractivity contribution in [3.05, 3.63) is 59.3 Å². The summed E-state index contributed by atoms with van der Waals surface area (Å²) in [5, 5.41) is 9.59. The van der Waals surface area contributed by atoms with Gasteiger partial charge in [-0.25, -0.2) is 4.79 Å². The van der Waals surface area contributed by atoms with Crippen molar-refractivity contribution < 1.29 is 32.5 Å². The van der Waals surface area contributed by atoms with E-state index in [1.165, 1.54) is 19.1 Å². The summed E-state index contributed by atoms with van der Waals surface area (Å²) in [7, 11) is 0. The lowest BCUT2D eigenvalue weighted by molar-refractivity contribution is -0.274. The average molecular weight is 393 g/mol. The number of hydrogen-bond acceptors (Lipinski definition) is 3. The quantitative estimate of drug-likeness (QED) is 0.630. The first-order chi connectivity index (χ1) is 13.1. The minimum Gasteiger partial charge on any atom is -0.479 e. The molecule has 28 heavy (non-hydrogen) atoms. The molecule has 1 heterocycles. The molecule has 0 aliphatic heterocycles. The van der Waals surface area contributed by atoms with Gasteiger partial charge >= 0.3 is 12.3 Å². The number of aromatic nitrogens is 1. The molecule has 0 fully saturated rings. The molecule has 2 aromatic carbocycles. The van der Waals surface area contributed by atoms with Crippen molar-refractivity contribution in [1.29, 1.82) is 0 Å². The Balaban J connectivity index is 1.90. The number of alkyl halides is 3. The molecule has 0 saturated heterocycles. The van der Waals surface area contributed by atoms with Gasteiger partial charge in [0.15, 0.2) is 6.10 Å². The smallest absolute Gasteiger partial charge is 0.479 e. The number of aromatic amines is 1. The summed E-state index contributed by atoms with van der Waals surface area (Å²) < 4.78 is 46.9. The van der Waals surface area contributed by atoms with Crippen LogP contribution in [0.2, 0.25) is 0 Å². The van der Waals surface area contributed by atoms with Crippen LogP contribution in [0.25, 0.3) is 10.9 Å². The van der Waals surface area contributed by atoms with E-state index in [1.54, 1.807) is 24.3 Å². The van der Waals surface area contributed by atoms with Gasteiger partial charge in [0.05, 0.1) is 0 Å². The zero-order valence-electron chi connectivity index (χ0n) is 15.1. The van der Waals surface area contributed by atoms with Gasteiger partial charge in [0.1, 0.15) is 11.5 Å². The van der Waals surface area contributed by atoms with E-state index in [1.807, 2.05) is 13.0 Å². The Kier molecular flexibility index (Phi) is 5.22. The number of carbonyl (C=O) groups is 1. The van der Waals surface area contributed by atoms with Crippen LogP contribution < -0.4 is 9.47 Å². The van der Waals surface area contributed by atoms with Crippen LogP contribution in [0.4, 0.5) is 13.2 Å². The summed E-state index contributed by atoms with van der Waals surface area (Å²) in [6, 6.07) is 11.1. The maximum absolute atomic E-state index is 12.5. The number of benzene rings is 2. The predicted molar refractivity (Wildman–Crippen MR) is 96.7 cm³/mol. The number of fused-ring (bicyclic) bond motifs is 1.